The maximum absolute atomic E-state index is 12.3. The number of carbonyl (C=O) groups excluding carboxylic acids is 3. The zero-order valence-electron chi connectivity index (χ0n) is 14.9. The van der Waals surface area contributed by atoms with Gasteiger partial charge in [0.05, 0.1) is 25.5 Å². The molecule has 0 spiro atoms. The van der Waals surface area contributed by atoms with Crippen LogP contribution in [0, 0.1) is 0 Å². The summed E-state index contributed by atoms with van der Waals surface area (Å²) in [5.41, 5.74) is 5.33. The molecule has 0 rings (SSSR count). The van der Waals surface area contributed by atoms with Gasteiger partial charge in [-0.25, -0.2) is 4.79 Å². The van der Waals surface area contributed by atoms with Gasteiger partial charge in [0, 0.05) is 5.75 Å². The lowest BCUT2D eigenvalue weighted by Gasteiger charge is -2.23. The molecule has 0 saturated heterocycles. The van der Waals surface area contributed by atoms with Gasteiger partial charge in [-0.2, -0.15) is 12.6 Å². The molecule has 0 radical (unpaired) electrons. The lowest BCUT2D eigenvalue weighted by atomic mass is 10.1. The molecular weight excluding hydrogens is 416 g/mol. The number of nitrogens with two attached hydrogens (primary N) is 1. The van der Waals surface area contributed by atoms with Crippen molar-refractivity contribution in [2.45, 2.75) is 37.0 Å². The topological polar surface area (TPSA) is 245 Å². The molecule has 0 aromatic rings. The highest BCUT2D eigenvalue weighted by Gasteiger charge is 2.31. The summed E-state index contributed by atoms with van der Waals surface area (Å²) in [7, 11) is 0. The van der Waals surface area contributed by atoms with Crippen molar-refractivity contribution >= 4 is 48.3 Å². The number of aliphatic carboxylic acids is 3. The Hall–Kier alpha value is -2.91. The van der Waals surface area contributed by atoms with Crippen LogP contribution in [-0.4, -0.2) is 92.6 Å². The summed E-state index contributed by atoms with van der Waals surface area (Å²) in [4.78, 5) is 68.5. The average Bonchev–Trinajstić information content (AvgIpc) is 2.61. The number of hydrogen-bond donors (Lipinski definition) is 9. The molecule has 0 aromatic heterocycles. The van der Waals surface area contributed by atoms with E-state index in [4.69, 9.17) is 21.1 Å². The molecule has 15 heteroatoms. The number of rotatable bonds is 13. The number of aliphatic hydroxyl groups is 1. The van der Waals surface area contributed by atoms with Gasteiger partial charge in [-0.3, -0.25) is 24.0 Å². The van der Waals surface area contributed by atoms with E-state index in [1.54, 1.807) is 0 Å². The first-order valence-electron chi connectivity index (χ1n) is 7.97. The van der Waals surface area contributed by atoms with E-state index >= 15 is 0 Å². The Labute approximate surface area is 169 Å². The molecule has 0 bridgehead atoms. The lowest BCUT2D eigenvalue weighted by Crippen LogP contribution is -2.58. The third-order valence-electron chi connectivity index (χ3n) is 3.36. The van der Waals surface area contributed by atoms with E-state index in [0.717, 1.165) is 0 Å². The Morgan fingerprint density at radius 3 is 1.62 bits per heavy atom. The van der Waals surface area contributed by atoms with Gasteiger partial charge in [-0.15, -0.1) is 0 Å². The van der Waals surface area contributed by atoms with Gasteiger partial charge in [0.1, 0.15) is 18.1 Å². The first kappa shape index (κ1) is 26.1. The largest absolute Gasteiger partial charge is 0.481 e. The molecule has 0 fully saturated rings. The van der Waals surface area contributed by atoms with Crippen molar-refractivity contribution in [1.29, 1.82) is 0 Å². The number of carboxylic acids is 3. The van der Waals surface area contributed by atoms with E-state index in [-0.39, 0.29) is 5.75 Å². The molecule has 0 aliphatic rings. The maximum atomic E-state index is 12.3. The monoisotopic (exact) mass is 438 g/mol. The average molecular weight is 438 g/mol. The third-order valence-corrected chi connectivity index (χ3v) is 3.72. The van der Waals surface area contributed by atoms with Crippen LogP contribution in [0.4, 0.5) is 0 Å². The summed E-state index contributed by atoms with van der Waals surface area (Å²) in [6.45, 7) is -0.969. The second-order valence-electron chi connectivity index (χ2n) is 5.69. The number of thiol groups is 1. The zero-order valence-corrected chi connectivity index (χ0v) is 15.8. The van der Waals surface area contributed by atoms with Gasteiger partial charge in [0.25, 0.3) is 0 Å². The molecule has 164 valence electrons. The Morgan fingerprint density at radius 1 is 0.759 bits per heavy atom. The third kappa shape index (κ3) is 9.72. The van der Waals surface area contributed by atoms with Crippen molar-refractivity contribution in [3.8, 4) is 0 Å². The minimum absolute atomic E-state index is 0.285. The van der Waals surface area contributed by atoms with Crippen molar-refractivity contribution in [2.24, 2.45) is 5.73 Å². The van der Waals surface area contributed by atoms with Crippen molar-refractivity contribution in [3.05, 3.63) is 0 Å². The molecule has 14 nitrogen and oxygen atoms in total. The Kier molecular flexibility index (Phi) is 11.3. The van der Waals surface area contributed by atoms with Gasteiger partial charge in [0.15, 0.2) is 0 Å². The van der Waals surface area contributed by atoms with Crippen LogP contribution in [0.2, 0.25) is 0 Å². The van der Waals surface area contributed by atoms with Crippen LogP contribution in [-0.2, 0) is 28.8 Å². The number of carbonyl (C=O) groups is 6. The molecule has 4 unspecified atom stereocenters. The van der Waals surface area contributed by atoms with Crippen LogP contribution in [0.25, 0.3) is 0 Å². The fourth-order valence-electron chi connectivity index (χ4n) is 1.87. The van der Waals surface area contributed by atoms with Crippen molar-refractivity contribution in [3.63, 3.8) is 0 Å². The summed E-state index contributed by atoms with van der Waals surface area (Å²) in [6.07, 6.45) is -1.72. The molecular formula is C14H22N4O10S. The Balaban J connectivity index is 5.20. The summed E-state index contributed by atoms with van der Waals surface area (Å²) in [5, 5.41) is 41.6. The number of carboxylic acid groups (broad SMARTS) is 3. The molecule has 0 aliphatic heterocycles. The van der Waals surface area contributed by atoms with Gasteiger partial charge in [0.2, 0.25) is 17.7 Å². The van der Waals surface area contributed by atoms with Crippen LogP contribution in [0.3, 0.4) is 0 Å². The maximum Gasteiger partial charge on any atom is 0.327 e. The summed E-state index contributed by atoms with van der Waals surface area (Å²) in [6, 6.07) is -6.40. The summed E-state index contributed by atoms with van der Waals surface area (Å²) in [5.74, 6) is -8.03. The minimum Gasteiger partial charge on any atom is -0.481 e. The standard InChI is InChI=1S/C14H22N4O10S/c15-5(1-9(20)21)11(24)16-6(2-10(22)23)12(25)17-7(3-19)13(26)18-8(4-29)14(27)28/h5-8,19,29H,1-4,15H2,(H,16,24)(H,17,25)(H,18,26)(H,20,21)(H,22,23)(H,27,28). The smallest absolute Gasteiger partial charge is 0.327 e. The van der Waals surface area contributed by atoms with Crippen molar-refractivity contribution < 1.29 is 49.2 Å². The highest BCUT2D eigenvalue weighted by atomic mass is 32.1. The number of aliphatic hydroxyl groups excluding tert-OH is 1. The fraction of sp³-hybridized carbons (Fsp3) is 0.571. The van der Waals surface area contributed by atoms with Crippen molar-refractivity contribution in [2.75, 3.05) is 12.4 Å². The molecule has 0 aromatic carbocycles. The molecule has 3 amide bonds. The van der Waals surface area contributed by atoms with Crippen LogP contribution in [0.5, 0.6) is 0 Å². The molecule has 0 aliphatic carbocycles. The highest BCUT2D eigenvalue weighted by Crippen LogP contribution is 1.99. The van der Waals surface area contributed by atoms with Crippen LogP contribution >= 0.6 is 12.6 Å². The SMILES string of the molecule is NC(CC(=O)O)C(=O)NC(CC(=O)O)C(=O)NC(CO)C(=O)NC(CS)C(=O)O. The molecule has 9 N–H and O–H groups in total. The van der Waals surface area contributed by atoms with E-state index in [0.29, 0.717) is 0 Å². The number of hydrogen-bond acceptors (Lipinski definition) is 9. The molecule has 4 atom stereocenters. The Morgan fingerprint density at radius 2 is 1.21 bits per heavy atom. The fourth-order valence-corrected chi connectivity index (χ4v) is 2.12. The lowest BCUT2D eigenvalue weighted by molar-refractivity contribution is -0.143. The first-order valence-corrected chi connectivity index (χ1v) is 8.60. The zero-order chi connectivity index (χ0) is 22.7. The van der Waals surface area contributed by atoms with Crippen LogP contribution in [0.15, 0.2) is 0 Å². The normalized spacial score (nSPS) is 14.6. The first-order chi connectivity index (χ1) is 13.4. The van der Waals surface area contributed by atoms with E-state index in [2.05, 4.69) is 12.6 Å². The van der Waals surface area contributed by atoms with E-state index in [1.165, 1.54) is 0 Å². The van der Waals surface area contributed by atoms with Crippen molar-refractivity contribution in [1.82, 2.24) is 16.0 Å². The quantitative estimate of drug-likeness (QED) is 0.124. The predicted molar refractivity (Wildman–Crippen MR) is 96.8 cm³/mol. The highest BCUT2D eigenvalue weighted by molar-refractivity contribution is 7.80. The van der Waals surface area contributed by atoms with E-state index in [1.807, 2.05) is 16.0 Å². The van der Waals surface area contributed by atoms with Gasteiger partial charge in [-0.05, 0) is 0 Å². The Bertz CT molecular complexity index is 658. The van der Waals surface area contributed by atoms with Gasteiger partial charge in [-0.1, -0.05) is 0 Å². The van der Waals surface area contributed by atoms with Crippen LogP contribution in [0.1, 0.15) is 12.8 Å². The van der Waals surface area contributed by atoms with E-state index < -0.39 is 79.2 Å². The number of nitrogens with one attached hydrogen (secondary N) is 3. The molecule has 0 saturated carbocycles. The van der Waals surface area contributed by atoms with Gasteiger partial charge < -0.3 is 42.1 Å². The summed E-state index contributed by atoms with van der Waals surface area (Å²) >= 11 is 3.74. The van der Waals surface area contributed by atoms with E-state index in [9.17, 15) is 33.9 Å². The number of amides is 3. The molecule has 0 heterocycles. The molecule has 29 heavy (non-hydrogen) atoms. The van der Waals surface area contributed by atoms with Gasteiger partial charge >= 0.3 is 17.9 Å². The second kappa shape index (κ2) is 12.5. The minimum atomic E-state index is -1.75. The predicted octanol–water partition coefficient (Wildman–Crippen LogP) is -4.28. The van der Waals surface area contributed by atoms with Crippen LogP contribution < -0.4 is 21.7 Å². The summed E-state index contributed by atoms with van der Waals surface area (Å²) < 4.78 is 0. The second-order valence-corrected chi connectivity index (χ2v) is 6.05.